The lowest BCUT2D eigenvalue weighted by Gasteiger charge is -2.26. The van der Waals surface area contributed by atoms with Crippen LogP contribution in [0.1, 0.15) is 58.2 Å². The van der Waals surface area contributed by atoms with Gasteiger partial charge in [-0.3, -0.25) is 4.79 Å². The molecule has 3 rings (SSSR count). The molecule has 1 amide bonds. The van der Waals surface area contributed by atoms with Gasteiger partial charge in [0.05, 0.1) is 0 Å². The average molecular weight is 477 g/mol. The van der Waals surface area contributed by atoms with Crippen LogP contribution in [0.4, 0.5) is 17.1 Å². The number of rotatable bonds is 7. The lowest BCUT2D eigenvalue weighted by molar-refractivity contribution is -0.120. The predicted molar refractivity (Wildman–Crippen MR) is 146 cm³/mol. The van der Waals surface area contributed by atoms with Crippen LogP contribution in [-0.2, 0) is 21.4 Å². The standard InChI is InChI=1S/C29H36N2O2S/c1-28(2,3)21-16-22(29(4,5)6)18-25(17-21)30-23-12-14-24(15-13-23)31-26(32)27(33)34-19-20-10-8-7-9-11-20/h7-18,27,30,33H,19H2,1-6H3,(H,31,32). The van der Waals surface area contributed by atoms with Gasteiger partial charge in [0, 0.05) is 22.8 Å². The molecule has 0 radical (unpaired) electrons. The highest BCUT2D eigenvalue weighted by molar-refractivity contribution is 7.99. The number of amides is 1. The van der Waals surface area contributed by atoms with Crippen molar-refractivity contribution >= 4 is 34.7 Å². The molecule has 5 heteroatoms. The van der Waals surface area contributed by atoms with E-state index in [-0.39, 0.29) is 10.8 Å². The van der Waals surface area contributed by atoms with E-state index in [2.05, 4.69) is 70.4 Å². The Bertz CT molecular complexity index is 1070. The maximum absolute atomic E-state index is 12.4. The van der Waals surface area contributed by atoms with Crippen molar-refractivity contribution in [2.45, 2.75) is 63.6 Å². The zero-order valence-electron chi connectivity index (χ0n) is 21.0. The fraction of sp³-hybridized carbons (Fsp3) is 0.345. The molecule has 0 saturated heterocycles. The Labute approximate surface area is 208 Å². The van der Waals surface area contributed by atoms with Crippen molar-refractivity contribution in [3.63, 3.8) is 0 Å². The molecule has 1 atom stereocenters. The molecule has 3 aromatic carbocycles. The highest BCUT2D eigenvalue weighted by atomic mass is 32.2. The summed E-state index contributed by atoms with van der Waals surface area (Å²) in [5.41, 5.74) is 5.23. The Morgan fingerprint density at radius 1 is 0.794 bits per heavy atom. The smallest absolute Gasteiger partial charge is 0.263 e. The first kappa shape index (κ1) is 25.9. The van der Waals surface area contributed by atoms with Gasteiger partial charge in [-0.1, -0.05) is 77.9 Å². The molecular weight excluding hydrogens is 440 g/mol. The van der Waals surface area contributed by atoms with Crippen molar-refractivity contribution in [3.05, 3.63) is 89.5 Å². The van der Waals surface area contributed by atoms with Gasteiger partial charge in [-0.2, -0.15) is 0 Å². The molecule has 0 spiro atoms. The number of thioether (sulfide) groups is 1. The van der Waals surface area contributed by atoms with Crippen LogP contribution < -0.4 is 10.6 Å². The summed E-state index contributed by atoms with van der Waals surface area (Å²) in [5.74, 6) is 0.150. The maximum Gasteiger partial charge on any atom is 0.263 e. The van der Waals surface area contributed by atoms with Crippen molar-refractivity contribution in [1.29, 1.82) is 0 Å². The molecule has 4 nitrogen and oxygen atoms in total. The molecule has 0 aliphatic carbocycles. The minimum atomic E-state index is -1.13. The first-order chi connectivity index (χ1) is 15.9. The van der Waals surface area contributed by atoms with Crippen LogP contribution in [0.5, 0.6) is 0 Å². The Hall–Kier alpha value is -2.76. The van der Waals surface area contributed by atoms with Gasteiger partial charge in [-0.05, 0) is 63.9 Å². The van der Waals surface area contributed by atoms with Crippen molar-refractivity contribution in [2.24, 2.45) is 0 Å². The fourth-order valence-corrected chi connectivity index (χ4v) is 4.15. The number of aliphatic hydroxyl groups excluding tert-OH is 1. The third kappa shape index (κ3) is 7.37. The largest absolute Gasteiger partial charge is 0.373 e. The normalized spacial score (nSPS) is 12.8. The molecule has 0 heterocycles. The van der Waals surface area contributed by atoms with Crippen LogP contribution in [0.2, 0.25) is 0 Å². The molecule has 34 heavy (non-hydrogen) atoms. The third-order valence-corrected chi connectivity index (χ3v) is 6.61. The lowest BCUT2D eigenvalue weighted by atomic mass is 9.80. The summed E-state index contributed by atoms with van der Waals surface area (Å²) in [6.45, 7) is 13.3. The van der Waals surface area contributed by atoms with Gasteiger partial charge < -0.3 is 15.7 Å². The van der Waals surface area contributed by atoms with Crippen LogP contribution >= 0.6 is 11.8 Å². The van der Waals surface area contributed by atoms with Gasteiger partial charge in [-0.25, -0.2) is 0 Å². The second kappa shape index (κ2) is 10.7. The second-order valence-electron chi connectivity index (χ2n) is 10.6. The van der Waals surface area contributed by atoms with Crippen molar-refractivity contribution in [3.8, 4) is 0 Å². The summed E-state index contributed by atoms with van der Waals surface area (Å²) in [4.78, 5) is 12.4. The molecule has 0 aliphatic rings. The molecule has 3 aromatic rings. The van der Waals surface area contributed by atoms with E-state index in [1.807, 2.05) is 54.6 Å². The fourth-order valence-electron chi connectivity index (χ4n) is 3.40. The van der Waals surface area contributed by atoms with Gasteiger partial charge in [0.2, 0.25) is 0 Å². The predicted octanol–water partition coefficient (Wildman–Crippen LogP) is 7.22. The summed E-state index contributed by atoms with van der Waals surface area (Å²) >= 11 is 1.20. The highest BCUT2D eigenvalue weighted by Gasteiger charge is 2.21. The van der Waals surface area contributed by atoms with Gasteiger partial charge in [-0.15, -0.1) is 11.8 Å². The molecule has 0 fully saturated rings. The number of hydrogen-bond acceptors (Lipinski definition) is 4. The minimum absolute atomic E-state index is 0.0468. The number of hydrogen-bond donors (Lipinski definition) is 3. The Morgan fingerprint density at radius 2 is 1.32 bits per heavy atom. The molecule has 0 aromatic heterocycles. The first-order valence-corrected chi connectivity index (χ1v) is 12.6. The average Bonchev–Trinajstić information content (AvgIpc) is 2.78. The summed E-state index contributed by atoms with van der Waals surface area (Å²) in [6.07, 6.45) is 0. The summed E-state index contributed by atoms with van der Waals surface area (Å²) in [5, 5.41) is 16.5. The molecule has 0 aliphatic heterocycles. The Morgan fingerprint density at radius 3 is 1.85 bits per heavy atom. The molecule has 1 unspecified atom stereocenters. The van der Waals surface area contributed by atoms with E-state index in [1.54, 1.807) is 0 Å². The number of benzene rings is 3. The quantitative estimate of drug-likeness (QED) is 0.315. The Balaban J connectivity index is 1.65. The lowest BCUT2D eigenvalue weighted by Crippen LogP contribution is -2.24. The van der Waals surface area contributed by atoms with Crippen LogP contribution in [0.15, 0.2) is 72.8 Å². The number of carbonyl (C=O) groups excluding carboxylic acids is 1. The highest BCUT2D eigenvalue weighted by Crippen LogP contribution is 2.33. The summed E-state index contributed by atoms with van der Waals surface area (Å²) in [7, 11) is 0. The van der Waals surface area contributed by atoms with E-state index in [4.69, 9.17) is 0 Å². The van der Waals surface area contributed by atoms with E-state index >= 15 is 0 Å². The van der Waals surface area contributed by atoms with E-state index < -0.39 is 11.3 Å². The number of carbonyl (C=O) groups is 1. The summed E-state index contributed by atoms with van der Waals surface area (Å²) < 4.78 is 0. The Kier molecular flexibility index (Phi) is 8.11. The van der Waals surface area contributed by atoms with Crippen molar-refractivity contribution in [2.75, 3.05) is 10.6 Å². The van der Waals surface area contributed by atoms with E-state index in [0.717, 1.165) is 16.9 Å². The number of anilines is 3. The summed E-state index contributed by atoms with van der Waals surface area (Å²) in [6, 6.07) is 24.0. The van der Waals surface area contributed by atoms with Crippen LogP contribution in [0.25, 0.3) is 0 Å². The van der Waals surface area contributed by atoms with E-state index in [9.17, 15) is 9.90 Å². The number of aliphatic hydroxyl groups is 1. The zero-order valence-corrected chi connectivity index (χ0v) is 21.8. The molecule has 180 valence electrons. The molecule has 0 saturated carbocycles. The SMILES string of the molecule is CC(C)(C)c1cc(Nc2ccc(NC(=O)C(O)SCc3ccccc3)cc2)cc(C(C)(C)C)c1. The first-order valence-electron chi connectivity index (χ1n) is 11.6. The van der Waals surface area contributed by atoms with Gasteiger partial charge in [0.15, 0.2) is 5.44 Å². The van der Waals surface area contributed by atoms with Gasteiger partial charge in [0.25, 0.3) is 5.91 Å². The minimum Gasteiger partial charge on any atom is -0.373 e. The third-order valence-electron chi connectivity index (χ3n) is 5.58. The molecule has 3 N–H and O–H groups in total. The van der Waals surface area contributed by atoms with Gasteiger partial charge >= 0.3 is 0 Å². The molecular formula is C29H36N2O2S. The molecule has 0 bridgehead atoms. The number of nitrogens with one attached hydrogen (secondary N) is 2. The van der Waals surface area contributed by atoms with Crippen LogP contribution in [0, 0.1) is 0 Å². The van der Waals surface area contributed by atoms with E-state index in [0.29, 0.717) is 11.4 Å². The van der Waals surface area contributed by atoms with Gasteiger partial charge in [0.1, 0.15) is 0 Å². The van der Waals surface area contributed by atoms with E-state index in [1.165, 1.54) is 22.9 Å². The monoisotopic (exact) mass is 476 g/mol. The van der Waals surface area contributed by atoms with Crippen molar-refractivity contribution < 1.29 is 9.90 Å². The van der Waals surface area contributed by atoms with Crippen molar-refractivity contribution in [1.82, 2.24) is 0 Å². The van der Waals surface area contributed by atoms with Crippen LogP contribution in [0.3, 0.4) is 0 Å². The zero-order chi connectivity index (χ0) is 24.9. The topological polar surface area (TPSA) is 61.4 Å². The maximum atomic E-state index is 12.4. The second-order valence-corrected chi connectivity index (χ2v) is 11.7. The van der Waals surface area contributed by atoms with Crippen LogP contribution in [-0.4, -0.2) is 16.4 Å².